The number of rotatable bonds is 7. The molecule has 0 radical (unpaired) electrons. The van der Waals surface area contributed by atoms with Gasteiger partial charge in [-0.3, -0.25) is 4.90 Å². The largest absolute Gasteiger partial charge is 0.497 e. The summed E-state index contributed by atoms with van der Waals surface area (Å²) in [4.78, 5) is 6.91. The zero-order valence-electron chi connectivity index (χ0n) is 16.3. The molecule has 4 rings (SSSR count). The van der Waals surface area contributed by atoms with E-state index in [-0.39, 0.29) is 0 Å². The Morgan fingerprint density at radius 3 is 2.75 bits per heavy atom. The Bertz CT molecular complexity index is 910. The van der Waals surface area contributed by atoms with Crippen molar-refractivity contribution in [3.8, 4) is 11.5 Å². The second-order valence-corrected chi connectivity index (χ2v) is 7.10. The normalized spacial score (nSPS) is 17.0. The fourth-order valence-corrected chi connectivity index (χ4v) is 3.78. The lowest BCUT2D eigenvalue weighted by Crippen LogP contribution is -2.20. The average Bonchev–Trinajstić information content (AvgIpc) is 3.38. The number of ether oxygens (including phenoxy) is 2. The lowest BCUT2D eigenvalue weighted by atomic mass is 9.97. The molecule has 2 heterocycles. The molecule has 146 valence electrons. The number of hydrogen-bond donors (Lipinski definition) is 0. The van der Waals surface area contributed by atoms with Crippen LogP contribution in [0.1, 0.15) is 35.2 Å². The van der Waals surface area contributed by atoms with Gasteiger partial charge in [0.2, 0.25) is 5.89 Å². The Morgan fingerprint density at radius 1 is 1.11 bits per heavy atom. The highest BCUT2D eigenvalue weighted by Gasteiger charge is 2.27. The molecule has 1 aromatic heterocycles. The number of benzene rings is 2. The number of methoxy groups -OCH3 is 2. The van der Waals surface area contributed by atoms with Crippen LogP contribution in [-0.2, 0) is 13.0 Å². The molecular formula is C22H25N3O3. The van der Waals surface area contributed by atoms with Gasteiger partial charge in [-0.25, -0.2) is 0 Å². The van der Waals surface area contributed by atoms with Crippen molar-refractivity contribution in [3.63, 3.8) is 0 Å². The molecular weight excluding hydrogens is 354 g/mol. The van der Waals surface area contributed by atoms with Crippen molar-refractivity contribution < 1.29 is 14.0 Å². The van der Waals surface area contributed by atoms with Crippen molar-refractivity contribution in [3.05, 3.63) is 71.4 Å². The summed E-state index contributed by atoms with van der Waals surface area (Å²) >= 11 is 0. The van der Waals surface area contributed by atoms with E-state index in [9.17, 15) is 0 Å². The maximum Gasteiger partial charge on any atom is 0.240 e. The highest BCUT2D eigenvalue weighted by atomic mass is 16.5. The zero-order chi connectivity index (χ0) is 19.3. The van der Waals surface area contributed by atoms with Gasteiger partial charge in [-0.15, -0.1) is 0 Å². The first-order chi connectivity index (χ1) is 13.7. The maximum absolute atomic E-state index is 5.56. The number of hydrogen-bond acceptors (Lipinski definition) is 6. The fraction of sp³-hybridized carbons (Fsp3) is 0.364. The van der Waals surface area contributed by atoms with Gasteiger partial charge >= 0.3 is 0 Å². The van der Waals surface area contributed by atoms with Crippen LogP contribution in [0.15, 0.2) is 53.1 Å². The van der Waals surface area contributed by atoms with Gasteiger partial charge in [-0.05, 0) is 36.7 Å². The SMILES string of the molecule is COc1ccc(OC)c([C@H]2CCN(Cc3nc(Cc4ccccc4)no3)C2)c1. The Kier molecular flexibility index (Phi) is 5.58. The molecule has 0 unspecified atom stereocenters. The van der Waals surface area contributed by atoms with Gasteiger partial charge in [-0.1, -0.05) is 35.5 Å². The molecule has 28 heavy (non-hydrogen) atoms. The van der Waals surface area contributed by atoms with Crippen LogP contribution in [0.4, 0.5) is 0 Å². The van der Waals surface area contributed by atoms with E-state index in [1.165, 1.54) is 11.1 Å². The average molecular weight is 379 g/mol. The van der Waals surface area contributed by atoms with Crippen molar-refractivity contribution in [2.45, 2.75) is 25.3 Å². The van der Waals surface area contributed by atoms with E-state index in [4.69, 9.17) is 14.0 Å². The third-order valence-corrected chi connectivity index (χ3v) is 5.22. The smallest absolute Gasteiger partial charge is 0.240 e. The first kappa shape index (κ1) is 18.5. The van der Waals surface area contributed by atoms with E-state index >= 15 is 0 Å². The summed E-state index contributed by atoms with van der Waals surface area (Å²) in [5, 5.41) is 4.13. The second kappa shape index (κ2) is 8.44. The molecule has 1 aliphatic rings. The summed E-state index contributed by atoms with van der Waals surface area (Å²) in [7, 11) is 3.40. The van der Waals surface area contributed by atoms with E-state index < -0.39 is 0 Å². The summed E-state index contributed by atoms with van der Waals surface area (Å²) in [5.41, 5.74) is 2.38. The third-order valence-electron chi connectivity index (χ3n) is 5.22. The molecule has 0 bridgehead atoms. The maximum atomic E-state index is 5.56. The number of nitrogens with zero attached hydrogens (tertiary/aromatic N) is 3. The van der Waals surface area contributed by atoms with Gasteiger partial charge in [0.05, 0.1) is 20.8 Å². The van der Waals surface area contributed by atoms with Gasteiger partial charge in [0.1, 0.15) is 11.5 Å². The Hall–Kier alpha value is -2.86. The van der Waals surface area contributed by atoms with E-state index in [1.807, 2.05) is 30.3 Å². The molecule has 0 spiro atoms. The summed E-state index contributed by atoms with van der Waals surface area (Å²) in [6.45, 7) is 2.59. The molecule has 1 saturated heterocycles. The Labute approximate surface area is 165 Å². The van der Waals surface area contributed by atoms with Gasteiger partial charge < -0.3 is 14.0 Å². The fourth-order valence-electron chi connectivity index (χ4n) is 3.78. The van der Waals surface area contributed by atoms with Crippen LogP contribution in [0.3, 0.4) is 0 Å². The molecule has 0 saturated carbocycles. The molecule has 2 aromatic carbocycles. The van der Waals surface area contributed by atoms with Crippen LogP contribution in [0.25, 0.3) is 0 Å². The van der Waals surface area contributed by atoms with E-state index in [2.05, 4.69) is 33.2 Å². The molecule has 6 heteroatoms. The van der Waals surface area contributed by atoms with Gasteiger partial charge in [0, 0.05) is 24.4 Å². The van der Waals surface area contributed by atoms with Crippen LogP contribution in [0.2, 0.25) is 0 Å². The molecule has 3 aromatic rings. The summed E-state index contributed by atoms with van der Waals surface area (Å²) in [6, 6.07) is 16.2. The van der Waals surface area contributed by atoms with E-state index in [0.29, 0.717) is 24.8 Å². The van der Waals surface area contributed by atoms with Gasteiger partial charge in [0.15, 0.2) is 5.82 Å². The molecule has 0 amide bonds. The van der Waals surface area contributed by atoms with Crippen molar-refractivity contribution in [1.82, 2.24) is 15.0 Å². The molecule has 1 fully saturated rings. The number of likely N-dealkylation sites (tertiary alicyclic amines) is 1. The summed E-state index contributed by atoms with van der Waals surface area (Å²) in [6.07, 6.45) is 1.75. The standard InChI is InChI=1S/C22H25N3O3/c1-26-18-8-9-20(27-2)19(13-18)17-10-11-25(14-17)15-22-23-21(24-28-22)12-16-6-4-3-5-7-16/h3-9,13,17H,10-12,14-15H2,1-2H3/t17-/m0/s1. The minimum absolute atomic E-state index is 0.400. The lowest BCUT2D eigenvalue weighted by Gasteiger charge is -2.17. The van der Waals surface area contributed by atoms with Crippen molar-refractivity contribution in [1.29, 1.82) is 0 Å². The highest BCUT2D eigenvalue weighted by molar-refractivity contribution is 5.43. The number of aromatic nitrogens is 2. The first-order valence-electron chi connectivity index (χ1n) is 9.55. The highest BCUT2D eigenvalue weighted by Crippen LogP contribution is 2.36. The quantitative estimate of drug-likeness (QED) is 0.624. The van der Waals surface area contributed by atoms with Crippen LogP contribution < -0.4 is 9.47 Å². The molecule has 0 aliphatic carbocycles. The van der Waals surface area contributed by atoms with Crippen molar-refractivity contribution >= 4 is 0 Å². The minimum atomic E-state index is 0.400. The summed E-state index contributed by atoms with van der Waals surface area (Å²) < 4.78 is 16.4. The van der Waals surface area contributed by atoms with Gasteiger partial charge in [-0.2, -0.15) is 4.98 Å². The van der Waals surface area contributed by atoms with Crippen LogP contribution in [-0.4, -0.2) is 42.3 Å². The zero-order valence-corrected chi connectivity index (χ0v) is 16.3. The molecule has 1 aliphatic heterocycles. The topological polar surface area (TPSA) is 60.6 Å². The predicted octanol–water partition coefficient (Wildman–Crippen LogP) is 3.67. The van der Waals surface area contributed by atoms with Crippen molar-refractivity contribution in [2.24, 2.45) is 0 Å². The second-order valence-electron chi connectivity index (χ2n) is 7.10. The first-order valence-corrected chi connectivity index (χ1v) is 9.55. The van der Waals surface area contributed by atoms with E-state index in [0.717, 1.165) is 36.8 Å². The molecule has 1 atom stereocenters. The Balaban J connectivity index is 1.39. The monoisotopic (exact) mass is 379 g/mol. The molecule has 6 nitrogen and oxygen atoms in total. The lowest BCUT2D eigenvalue weighted by molar-refractivity contribution is 0.264. The van der Waals surface area contributed by atoms with Crippen LogP contribution in [0.5, 0.6) is 11.5 Å². The summed E-state index contributed by atoms with van der Waals surface area (Å²) in [5.74, 6) is 3.57. The van der Waals surface area contributed by atoms with E-state index in [1.54, 1.807) is 14.2 Å². The van der Waals surface area contributed by atoms with Crippen LogP contribution in [0, 0.1) is 0 Å². The van der Waals surface area contributed by atoms with Crippen LogP contribution >= 0.6 is 0 Å². The van der Waals surface area contributed by atoms with Crippen molar-refractivity contribution in [2.75, 3.05) is 27.3 Å². The third kappa shape index (κ3) is 4.17. The minimum Gasteiger partial charge on any atom is -0.497 e. The Morgan fingerprint density at radius 2 is 1.96 bits per heavy atom. The predicted molar refractivity (Wildman–Crippen MR) is 106 cm³/mol. The molecule has 0 N–H and O–H groups in total. The van der Waals surface area contributed by atoms with Gasteiger partial charge in [0.25, 0.3) is 0 Å².